The highest BCUT2D eigenvalue weighted by molar-refractivity contribution is 6.00. The Morgan fingerprint density at radius 2 is 1.94 bits per heavy atom. The first-order chi connectivity index (χ1) is 16.0. The van der Waals surface area contributed by atoms with Gasteiger partial charge in [-0.2, -0.15) is 0 Å². The number of nitrogens with one attached hydrogen (secondary N) is 1. The summed E-state index contributed by atoms with van der Waals surface area (Å²) in [6.45, 7) is 11.9. The van der Waals surface area contributed by atoms with Crippen molar-refractivity contribution in [3.8, 4) is 5.75 Å². The predicted octanol–water partition coefficient (Wildman–Crippen LogP) is 4.85. The zero-order chi connectivity index (χ0) is 23.0. The monoisotopic (exact) mass is 443 g/mol. The summed E-state index contributed by atoms with van der Waals surface area (Å²) in [7, 11) is 1.68. The molecule has 7 nitrogen and oxygen atoms in total. The van der Waals surface area contributed by atoms with Crippen LogP contribution >= 0.6 is 0 Å². The lowest BCUT2D eigenvalue weighted by atomic mass is 9.61. The predicted molar refractivity (Wildman–Crippen MR) is 130 cm³/mol. The van der Waals surface area contributed by atoms with Gasteiger partial charge in [0.2, 0.25) is 0 Å². The zero-order valence-electron chi connectivity index (χ0n) is 19.1. The maximum absolute atomic E-state index is 9.77. The average Bonchev–Trinajstić information content (AvgIpc) is 2.82. The van der Waals surface area contributed by atoms with Crippen LogP contribution in [0.2, 0.25) is 0 Å². The van der Waals surface area contributed by atoms with Crippen LogP contribution < -0.4 is 15.0 Å². The fraction of sp³-hybridized carbons (Fsp3) is 0.423. The van der Waals surface area contributed by atoms with Crippen molar-refractivity contribution in [2.75, 3.05) is 30.4 Å². The maximum Gasteiger partial charge on any atom is 0.188 e. The minimum Gasteiger partial charge on any atom is -0.496 e. The number of nitrogens with zero attached hydrogens (tertiary/aromatic N) is 4. The molecule has 7 heteroatoms. The maximum atomic E-state index is 9.77. The number of benzene rings is 2. The molecule has 170 valence electrons. The van der Waals surface area contributed by atoms with E-state index < -0.39 is 0 Å². The topological polar surface area (TPSA) is 74.9 Å². The Morgan fingerprint density at radius 1 is 1.15 bits per heavy atom. The van der Waals surface area contributed by atoms with Crippen LogP contribution in [-0.2, 0) is 6.54 Å². The van der Waals surface area contributed by atoms with E-state index in [-0.39, 0.29) is 6.10 Å². The van der Waals surface area contributed by atoms with E-state index in [1.165, 1.54) is 0 Å². The van der Waals surface area contributed by atoms with E-state index in [1.807, 2.05) is 37.3 Å². The van der Waals surface area contributed by atoms with Crippen LogP contribution in [0, 0.1) is 18.9 Å². The van der Waals surface area contributed by atoms with E-state index in [4.69, 9.17) is 11.3 Å². The van der Waals surface area contributed by atoms with Crippen LogP contribution in [0.1, 0.15) is 36.8 Å². The second-order valence-corrected chi connectivity index (χ2v) is 9.42. The van der Waals surface area contributed by atoms with Crippen molar-refractivity contribution < 1.29 is 9.84 Å². The molecule has 5 rings (SSSR count). The van der Waals surface area contributed by atoms with Gasteiger partial charge in [0, 0.05) is 30.4 Å². The molecule has 0 unspecified atom stereocenters. The summed E-state index contributed by atoms with van der Waals surface area (Å²) < 4.78 is 5.36. The smallest absolute Gasteiger partial charge is 0.188 e. The van der Waals surface area contributed by atoms with Gasteiger partial charge in [-0.25, -0.2) is 4.85 Å². The number of aromatic nitrogens is 2. The lowest BCUT2D eigenvalue weighted by Crippen LogP contribution is -2.49. The average molecular weight is 444 g/mol. The Hall–Kier alpha value is -3.37. The molecule has 1 aromatic heterocycles. The molecular weight excluding hydrogens is 414 g/mol. The highest BCUT2D eigenvalue weighted by Gasteiger charge is 2.45. The van der Waals surface area contributed by atoms with Gasteiger partial charge in [-0.15, -0.1) is 10.2 Å². The van der Waals surface area contributed by atoms with Gasteiger partial charge in [0.05, 0.1) is 19.8 Å². The Bertz CT molecular complexity index is 1220. The molecule has 1 aliphatic carbocycles. The standard InChI is InChI=1S/C26H29N5O2/c1-17-12-18(4-7-23(17)33-3)16-28-24-22-13-19(27-2)5-6-21(22)25(30-29-24)31-10-8-26(9-11-31)14-20(32)15-26/h4-7,12-13,20,32H,8-11,14-16H2,1,3H3,(H,28,29). The summed E-state index contributed by atoms with van der Waals surface area (Å²) in [6.07, 6.45) is 3.88. The first kappa shape index (κ1) is 21.5. The van der Waals surface area contributed by atoms with Crippen LogP contribution in [0.4, 0.5) is 17.3 Å². The van der Waals surface area contributed by atoms with Crippen molar-refractivity contribution in [2.24, 2.45) is 5.41 Å². The van der Waals surface area contributed by atoms with Crippen molar-refractivity contribution in [3.05, 3.63) is 58.9 Å². The highest BCUT2D eigenvalue weighted by atomic mass is 16.5. The van der Waals surface area contributed by atoms with Crippen molar-refractivity contribution in [2.45, 2.75) is 45.3 Å². The summed E-state index contributed by atoms with van der Waals surface area (Å²) in [5.41, 5.74) is 3.11. The van der Waals surface area contributed by atoms with Crippen LogP contribution in [0.5, 0.6) is 5.75 Å². The molecule has 2 fully saturated rings. The molecule has 1 aliphatic heterocycles. The fourth-order valence-corrected chi connectivity index (χ4v) is 5.34. The molecule has 1 saturated heterocycles. The number of rotatable bonds is 5. The van der Waals surface area contributed by atoms with Gasteiger partial charge in [-0.1, -0.05) is 24.3 Å². The molecule has 33 heavy (non-hydrogen) atoms. The molecule has 0 amide bonds. The molecule has 0 radical (unpaired) electrons. The molecule has 0 atom stereocenters. The fourth-order valence-electron chi connectivity index (χ4n) is 5.34. The highest BCUT2D eigenvalue weighted by Crippen LogP contribution is 2.49. The summed E-state index contributed by atoms with van der Waals surface area (Å²) in [6, 6.07) is 11.9. The lowest BCUT2D eigenvalue weighted by Gasteiger charge is -2.50. The second kappa shape index (κ2) is 8.53. The Labute approximate surface area is 194 Å². The quantitative estimate of drug-likeness (QED) is 0.549. The molecule has 2 N–H and O–H groups in total. The van der Waals surface area contributed by atoms with E-state index in [9.17, 15) is 5.11 Å². The molecule has 3 aromatic rings. The number of anilines is 2. The van der Waals surface area contributed by atoms with Gasteiger partial charge in [0.1, 0.15) is 5.75 Å². The number of fused-ring (bicyclic) bond motifs is 1. The normalized spacial score (nSPS) is 17.6. The van der Waals surface area contributed by atoms with E-state index in [2.05, 4.69) is 31.3 Å². The van der Waals surface area contributed by atoms with Crippen molar-refractivity contribution in [1.82, 2.24) is 10.2 Å². The van der Waals surface area contributed by atoms with Crippen LogP contribution in [0.15, 0.2) is 36.4 Å². The molecule has 2 aromatic carbocycles. The van der Waals surface area contributed by atoms with Crippen LogP contribution in [0.3, 0.4) is 0 Å². The summed E-state index contributed by atoms with van der Waals surface area (Å²) in [5.74, 6) is 2.43. The number of ether oxygens (including phenoxy) is 1. The summed E-state index contributed by atoms with van der Waals surface area (Å²) in [5, 5.41) is 24.3. The summed E-state index contributed by atoms with van der Waals surface area (Å²) >= 11 is 0. The molecular formula is C26H29N5O2. The van der Waals surface area contributed by atoms with Crippen LogP contribution in [0.25, 0.3) is 15.6 Å². The van der Waals surface area contributed by atoms with Crippen LogP contribution in [-0.4, -0.2) is 41.6 Å². The first-order valence-corrected chi connectivity index (χ1v) is 11.5. The first-order valence-electron chi connectivity index (χ1n) is 11.5. The zero-order valence-corrected chi connectivity index (χ0v) is 19.1. The third kappa shape index (κ3) is 4.07. The summed E-state index contributed by atoms with van der Waals surface area (Å²) in [4.78, 5) is 5.93. The number of piperidine rings is 1. The van der Waals surface area contributed by atoms with Gasteiger partial charge >= 0.3 is 0 Å². The Morgan fingerprint density at radius 3 is 2.61 bits per heavy atom. The third-order valence-corrected chi connectivity index (χ3v) is 7.25. The van der Waals surface area contributed by atoms with Crippen molar-refractivity contribution >= 4 is 28.1 Å². The molecule has 2 heterocycles. The second-order valence-electron chi connectivity index (χ2n) is 9.42. The SMILES string of the molecule is [C-]#[N+]c1ccc2c(N3CCC4(CC3)CC(O)C4)nnc(NCc3ccc(OC)c(C)c3)c2c1. The Kier molecular flexibility index (Phi) is 5.55. The van der Waals surface area contributed by atoms with E-state index in [0.29, 0.717) is 23.5 Å². The minimum atomic E-state index is -0.121. The number of aliphatic hydroxyl groups excluding tert-OH is 1. The van der Waals surface area contributed by atoms with E-state index in [0.717, 1.165) is 72.2 Å². The largest absolute Gasteiger partial charge is 0.496 e. The van der Waals surface area contributed by atoms with Gasteiger partial charge in [-0.3, -0.25) is 0 Å². The number of hydrogen-bond donors (Lipinski definition) is 2. The molecule has 1 spiro atoms. The molecule has 1 saturated carbocycles. The third-order valence-electron chi connectivity index (χ3n) is 7.25. The van der Waals surface area contributed by atoms with Gasteiger partial charge in [0.25, 0.3) is 0 Å². The van der Waals surface area contributed by atoms with Crippen molar-refractivity contribution in [1.29, 1.82) is 0 Å². The molecule has 2 aliphatic rings. The number of aliphatic hydroxyl groups is 1. The van der Waals surface area contributed by atoms with E-state index >= 15 is 0 Å². The molecule has 0 bridgehead atoms. The van der Waals surface area contributed by atoms with E-state index in [1.54, 1.807) is 7.11 Å². The van der Waals surface area contributed by atoms with Crippen molar-refractivity contribution in [3.63, 3.8) is 0 Å². The number of hydrogen-bond acceptors (Lipinski definition) is 6. The minimum absolute atomic E-state index is 0.121. The number of methoxy groups -OCH3 is 1. The lowest BCUT2D eigenvalue weighted by molar-refractivity contribution is -0.0464. The van der Waals surface area contributed by atoms with Gasteiger partial charge < -0.3 is 20.1 Å². The van der Waals surface area contributed by atoms with Gasteiger partial charge in [-0.05, 0) is 61.3 Å². The Balaban J connectivity index is 1.41. The number of aryl methyl sites for hydroxylation is 1. The van der Waals surface area contributed by atoms with Gasteiger partial charge in [0.15, 0.2) is 17.3 Å².